The monoisotopic (exact) mass is 364 g/mol. The maximum Gasteiger partial charge on any atom is 0.320 e. The predicted molar refractivity (Wildman–Crippen MR) is 81.6 cm³/mol. The summed E-state index contributed by atoms with van der Waals surface area (Å²) in [5, 5.41) is 9.37. The maximum absolute atomic E-state index is 11.7. The van der Waals surface area contributed by atoms with Crippen LogP contribution >= 0.6 is 15.9 Å². The molecule has 0 bridgehead atoms. The van der Waals surface area contributed by atoms with Crippen molar-refractivity contribution in [2.24, 2.45) is 5.73 Å². The Morgan fingerprint density at radius 2 is 2.15 bits per heavy atom. The minimum atomic E-state index is -3.39. The van der Waals surface area contributed by atoms with Gasteiger partial charge in [-0.15, -0.1) is 0 Å². The molecule has 0 aliphatic heterocycles. The zero-order chi connectivity index (χ0) is 15.2. The van der Waals surface area contributed by atoms with E-state index in [4.69, 9.17) is 10.8 Å². The van der Waals surface area contributed by atoms with Crippen molar-refractivity contribution in [2.45, 2.75) is 18.9 Å². The van der Waals surface area contributed by atoms with Crippen LogP contribution in [0.4, 0.5) is 5.69 Å². The molecule has 0 heterocycles. The molecule has 8 heteroatoms. The number of benzene rings is 1. The Bertz CT molecular complexity index is 562. The number of rotatable bonds is 8. The quantitative estimate of drug-likeness (QED) is 0.599. The van der Waals surface area contributed by atoms with Gasteiger partial charge in [0.2, 0.25) is 10.0 Å². The van der Waals surface area contributed by atoms with Gasteiger partial charge in [-0.2, -0.15) is 0 Å². The summed E-state index contributed by atoms with van der Waals surface area (Å²) >= 11 is 3.18. The maximum atomic E-state index is 11.7. The highest BCUT2D eigenvalue weighted by Crippen LogP contribution is 2.14. The third-order valence-corrected chi connectivity index (χ3v) is 4.45. The molecule has 20 heavy (non-hydrogen) atoms. The molecule has 0 spiro atoms. The van der Waals surface area contributed by atoms with E-state index in [0.717, 1.165) is 0 Å². The minimum absolute atomic E-state index is 0.0249. The van der Waals surface area contributed by atoms with Crippen LogP contribution in [0.3, 0.4) is 0 Å². The van der Waals surface area contributed by atoms with Gasteiger partial charge in [-0.1, -0.05) is 28.1 Å². The first-order valence-electron chi connectivity index (χ1n) is 5.98. The number of hydrogen-bond donors (Lipinski definition) is 3. The van der Waals surface area contributed by atoms with Crippen LogP contribution in [-0.4, -0.2) is 36.6 Å². The topological polar surface area (TPSA) is 109 Å². The molecule has 112 valence electrons. The largest absolute Gasteiger partial charge is 0.480 e. The molecule has 0 amide bonds. The number of alkyl halides is 1. The molecule has 0 aromatic heterocycles. The van der Waals surface area contributed by atoms with E-state index in [1.807, 2.05) is 0 Å². The lowest BCUT2D eigenvalue weighted by Crippen LogP contribution is -2.32. The SMILES string of the molecule is N[C@@H](Cc1cccc(NS(=O)(=O)CCCBr)c1)C(=O)O. The molecular formula is C12H17BrN2O4S. The third-order valence-electron chi connectivity index (χ3n) is 2.52. The molecule has 0 fully saturated rings. The second-order valence-corrected chi connectivity index (χ2v) is 6.95. The van der Waals surface area contributed by atoms with Crippen LogP contribution in [0.1, 0.15) is 12.0 Å². The van der Waals surface area contributed by atoms with Crippen molar-refractivity contribution in [1.29, 1.82) is 0 Å². The second kappa shape index (κ2) is 7.61. The van der Waals surface area contributed by atoms with Crippen LogP contribution < -0.4 is 10.5 Å². The first kappa shape index (κ1) is 16.9. The summed E-state index contributed by atoms with van der Waals surface area (Å²) in [5.74, 6) is -1.06. The fourth-order valence-corrected chi connectivity index (χ4v) is 3.34. The zero-order valence-electron chi connectivity index (χ0n) is 10.8. The number of sulfonamides is 1. The standard InChI is InChI=1S/C12H17BrN2O4S/c13-5-2-6-20(18,19)15-10-4-1-3-9(7-10)8-11(14)12(16)17/h1,3-4,7,11,15H,2,5-6,8,14H2,(H,16,17)/t11-/m0/s1. The van der Waals surface area contributed by atoms with Gasteiger partial charge in [0.05, 0.1) is 5.75 Å². The molecule has 1 aromatic carbocycles. The number of carbonyl (C=O) groups is 1. The lowest BCUT2D eigenvalue weighted by Gasteiger charge is -2.10. The van der Waals surface area contributed by atoms with Gasteiger partial charge in [0.1, 0.15) is 6.04 Å². The van der Waals surface area contributed by atoms with Gasteiger partial charge in [-0.25, -0.2) is 8.42 Å². The van der Waals surface area contributed by atoms with Crippen LogP contribution in [0.5, 0.6) is 0 Å². The number of nitrogens with one attached hydrogen (secondary N) is 1. The summed E-state index contributed by atoms with van der Waals surface area (Å²) in [6.07, 6.45) is 0.658. The Balaban J connectivity index is 2.75. The summed E-state index contributed by atoms with van der Waals surface area (Å²) in [4.78, 5) is 10.7. The summed E-state index contributed by atoms with van der Waals surface area (Å²) in [6, 6.07) is 5.57. The van der Waals surface area contributed by atoms with Crippen molar-refractivity contribution in [3.05, 3.63) is 29.8 Å². The lowest BCUT2D eigenvalue weighted by atomic mass is 10.1. The third kappa shape index (κ3) is 5.89. The van der Waals surface area contributed by atoms with Gasteiger partial charge >= 0.3 is 5.97 Å². The number of carboxylic acid groups (broad SMARTS) is 1. The number of carboxylic acids is 1. The summed E-state index contributed by atoms with van der Waals surface area (Å²) in [7, 11) is -3.39. The van der Waals surface area contributed by atoms with E-state index in [9.17, 15) is 13.2 Å². The normalized spacial score (nSPS) is 12.9. The smallest absolute Gasteiger partial charge is 0.320 e. The summed E-state index contributed by atoms with van der Waals surface area (Å²) in [6.45, 7) is 0. The minimum Gasteiger partial charge on any atom is -0.480 e. The molecule has 0 aliphatic rings. The Labute approximate surface area is 126 Å². The highest BCUT2D eigenvalue weighted by Gasteiger charge is 2.13. The van der Waals surface area contributed by atoms with E-state index in [1.165, 1.54) is 0 Å². The zero-order valence-corrected chi connectivity index (χ0v) is 13.2. The molecule has 1 atom stereocenters. The van der Waals surface area contributed by atoms with E-state index in [1.54, 1.807) is 24.3 Å². The van der Waals surface area contributed by atoms with Crippen molar-refractivity contribution in [3.8, 4) is 0 Å². The van der Waals surface area contributed by atoms with Crippen LogP contribution in [0.15, 0.2) is 24.3 Å². The van der Waals surface area contributed by atoms with E-state index in [-0.39, 0.29) is 12.2 Å². The Hall–Kier alpha value is -1.12. The van der Waals surface area contributed by atoms with Gasteiger partial charge in [0, 0.05) is 11.0 Å². The van der Waals surface area contributed by atoms with Crippen molar-refractivity contribution < 1.29 is 18.3 Å². The molecular weight excluding hydrogens is 348 g/mol. The van der Waals surface area contributed by atoms with Gasteiger partial charge in [-0.3, -0.25) is 9.52 Å². The van der Waals surface area contributed by atoms with E-state index < -0.39 is 22.0 Å². The Kier molecular flexibility index (Phi) is 6.44. The number of hydrogen-bond acceptors (Lipinski definition) is 4. The molecule has 0 radical (unpaired) electrons. The van der Waals surface area contributed by atoms with Crippen molar-refractivity contribution >= 4 is 37.6 Å². The van der Waals surface area contributed by atoms with Crippen molar-refractivity contribution in [2.75, 3.05) is 15.8 Å². The molecule has 1 rings (SSSR count). The van der Waals surface area contributed by atoms with Gasteiger partial charge < -0.3 is 10.8 Å². The fraction of sp³-hybridized carbons (Fsp3) is 0.417. The Morgan fingerprint density at radius 1 is 1.45 bits per heavy atom. The van der Waals surface area contributed by atoms with Crippen molar-refractivity contribution in [1.82, 2.24) is 0 Å². The average Bonchev–Trinajstić information content (AvgIpc) is 2.36. The number of aliphatic carboxylic acids is 1. The number of nitrogens with two attached hydrogens (primary N) is 1. The highest BCUT2D eigenvalue weighted by atomic mass is 79.9. The molecule has 0 unspecified atom stereocenters. The van der Waals surface area contributed by atoms with Gasteiger partial charge in [-0.05, 0) is 30.5 Å². The van der Waals surface area contributed by atoms with E-state index in [0.29, 0.717) is 23.0 Å². The van der Waals surface area contributed by atoms with Crippen LogP contribution in [-0.2, 0) is 21.2 Å². The van der Waals surface area contributed by atoms with E-state index in [2.05, 4.69) is 20.7 Å². The fourth-order valence-electron chi connectivity index (χ4n) is 1.58. The van der Waals surface area contributed by atoms with Crippen LogP contribution in [0.25, 0.3) is 0 Å². The first-order valence-corrected chi connectivity index (χ1v) is 8.75. The molecule has 0 saturated carbocycles. The summed E-state index contributed by atoms with van der Waals surface area (Å²) < 4.78 is 26.0. The second-order valence-electron chi connectivity index (χ2n) is 4.31. The number of anilines is 1. The van der Waals surface area contributed by atoms with Gasteiger partial charge in [0.25, 0.3) is 0 Å². The molecule has 1 aromatic rings. The highest BCUT2D eigenvalue weighted by molar-refractivity contribution is 9.09. The van der Waals surface area contributed by atoms with Gasteiger partial charge in [0.15, 0.2) is 0 Å². The lowest BCUT2D eigenvalue weighted by molar-refractivity contribution is -0.138. The molecule has 6 nitrogen and oxygen atoms in total. The Morgan fingerprint density at radius 3 is 2.75 bits per heavy atom. The van der Waals surface area contributed by atoms with E-state index >= 15 is 0 Å². The van der Waals surface area contributed by atoms with Crippen LogP contribution in [0, 0.1) is 0 Å². The molecule has 0 aliphatic carbocycles. The van der Waals surface area contributed by atoms with Crippen LogP contribution in [0.2, 0.25) is 0 Å². The molecule has 0 saturated heterocycles. The predicted octanol–water partition coefficient (Wildman–Crippen LogP) is 1.17. The summed E-state index contributed by atoms with van der Waals surface area (Å²) in [5.41, 5.74) is 6.53. The average molecular weight is 365 g/mol. The molecule has 4 N–H and O–H groups in total. The number of halogens is 1. The van der Waals surface area contributed by atoms with Crippen molar-refractivity contribution in [3.63, 3.8) is 0 Å². The first-order chi connectivity index (χ1) is 9.34.